The second-order valence-electron chi connectivity index (χ2n) is 2.97. The molecule has 2 aromatic heterocycles. The van der Waals surface area contributed by atoms with Gasteiger partial charge >= 0.3 is 0 Å². The molecule has 0 fully saturated rings. The van der Waals surface area contributed by atoms with Crippen molar-refractivity contribution in [1.82, 2.24) is 14.8 Å². The summed E-state index contributed by atoms with van der Waals surface area (Å²) in [5.41, 5.74) is 5.96. The molecule has 0 aliphatic carbocycles. The van der Waals surface area contributed by atoms with Crippen LogP contribution >= 0.6 is 11.3 Å². The van der Waals surface area contributed by atoms with Crippen LogP contribution in [-0.2, 0) is 7.05 Å². The highest BCUT2D eigenvalue weighted by Crippen LogP contribution is 2.30. The van der Waals surface area contributed by atoms with Crippen molar-refractivity contribution in [3.05, 3.63) is 17.3 Å². The van der Waals surface area contributed by atoms with Gasteiger partial charge in [-0.25, -0.2) is 13.8 Å². The van der Waals surface area contributed by atoms with E-state index in [1.54, 1.807) is 12.4 Å². The van der Waals surface area contributed by atoms with Gasteiger partial charge in [0.2, 0.25) is 0 Å². The molecule has 0 saturated heterocycles. The van der Waals surface area contributed by atoms with Crippen LogP contribution in [0.5, 0.6) is 0 Å². The number of rotatable bonds is 2. The van der Waals surface area contributed by atoms with Gasteiger partial charge in [0.05, 0.1) is 5.69 Å². The number of nitrogen functional groups attached to an aromatic ring is 1. The normalized spacial score (nSPS) is 11.2. The number of anilines is 1. The van der Waals surface area contributed by atoms with E-state index < -0.39 is 6.43 Å². The molecule has 15 heavy (non-hydrogen) atoms. The van der Waals surface area contributed by atoms with Crippen LogP contribution in [0, 0.1) is 0 Å². The Balaban J connectivity index is 2.52. The van der Waals surface area contributed by atoms with Crippen LogP contribution in [0.15, 0.2) is 11.6 Å². The van der Waals surface area contributed by atoms with Gasteiger partial charge < -0.3 is 5.73 Å². The van der Waals surface area contributed by atoms with E-state index in [0.29, 0.717) is 16.4 Å². The van der Waals surface area contributed by atoms with Crippen LogP contribution in [0.4, 0.5) is 13.9 Å². The van der Waals surface area contributed by atoms with E-state index in [1.807, 2.05) is 0 Å². The van der Waals surface area contributed by atoms with E-state index >= 15 is 0 Å². The largest absolute Gasteiger partial charge is 0.375 e. The molecule has 4 nitrogen and oxygen atoms in total. The van der Waals surface area contributed by atoms with Crippen molar-refractivity contribution in [2.24, 2.45) is 7.05 Å². The van der Waals surface area contributed by atoms with Crippen LogP contribution in [0.3, 0.4) is 0 Å². The first kappa shape index (κ1) is 10.0. The van der Waals surface area contributed by atoms with Gasteiger partial charge in [-0.3, -0.25) is 4.68 Å². The average Bonchev–Trinajstić information content (AvgIpc) is 2.71. The summed E-state index contributed by atoms with van der Waals surface area (Å²) in [6, 6.07) is 0. The van der Waals surface area contributed by atoms with Crippen LogP contribution in [0.2, 0.25) is 0 Å². The SMILES string of the molecule is Cn1cc(-c2csc(N)n2)c(C(F)F)n1. The molecule has 0 atom stereocenters. The molecule has 0 aliphatic heterocycles. The van der Waals surface area contributed by atoms with Crippen molar-refractivity contribution in [2.45, 2.75) is 6.43 Å². The standard InChI is InChI=1S/C8H8F2N4S/c1-14-2-4(6(13-14)7(9)10)5-3-15-8(11)12-5/h2-3,7H,1H3,(H2,11,12). The molecule has 2 aromatic rings. The average molecular weight is 230 g/mol. The van der Waals surface area contributed by atoms with Crippen LogP contribution in [0.1, 0.15) is 12.1 Å². The first-order valence-corrected chi connectivity index (χ1v) is 4.99. The van der Waals surface area contributed by atoms with Gasteiger partial charge in [0, 0.05) is 24.2 Å². The van der Waals surface area contributed by atoms with Crippen LogP contribution in [-0.4, -0.2) is 14.8 Å². The quantitative estimate of drug-likeness (QED) is 0.859. The second-order valence-corrected chi connectivity index (χ2v) is 3.86. The van der Waals surface area contributed by atoms with Crippen LogP contribution in [0.25, 0.3) is 11.3 Å². The molecule has 2 heterocycles. The predicted molar refractivity (Wildman–Crippen MR) is 53.7 cm³/mol. The minimum Gasteiger partial charge on any atom is -0.375 e. The van der Waals surface area contributed by atoms with Crippen molar-refractivity contribution in [2.75, 3.05) is 5.73 Å². The number of aromatic nitrogens is 3. The summed E-state index contributed by atoms with van der Waals surface area (Å²) in [5.74, 6) is 0. The van der Waals surface area contributed by atoms with E-state index in [-0.39, 0.29) is 5.69 Å². The van der Waals surface area contributed by atoms with Gasteiger partial charge in [0.1, 0.15) is 5.69 Å². The summed E-state index contributed by atoms with van der Waals surface area (Å²) >= 11 is 1.21. The molecule has 0 unspecified atom stereocenters. The Morgan fingerprint density at radius 1 is 1.53 bits per heavy atom. The first-order chi connectivity index (χ1) is 7.08. The highest BCUT2D eigenvalue weighted by Gasteiger charge is 2.20. The zero-order valence-electron chi connectivity index (χ0n) is 7.82. The summed E-state index contributed by atoms with van der Waals surface area (Å²) in [5, 5.41) is 5.68. The van der Waals surface area contributed by atoms with E-state index in [2.05, 4.69) is 10.1 Å². The molecule has 0 spiro atoms. The first-order valence-electron chi connectivity index (χ1n) is 4.11. The molecule has 2 N–H and O–H groups in total. The van der Waals surface area contributed by atoms with Gasteiger partial charge in [-0.1, -0.05) is 0 Å². The fraction of sp³-hybridized carbons (Fsp3) is 0.250. The number of aryl methyl sites for hydroxylation is 1. The van der Waals surface area contributed by atoms with E-state index in [1.165, 1.54) is 22.2 Å². The Hall–Kier alpha value is -1.50. The maximum absolute atomic E-state index is 12.6. The number of halogens is 2. The number of nitrogens with zero attached hydrogens (tertiary/aromatic N) is 3. The van der Waals surface area contributed by atoms with Crippen molar-refractivity contribution in [1.29, 1.82) is 0 Å². The Morgan fingerprint density at radius 3 is 2.80 bits per heavy atom. The van der Waals surface area contributed by atoms with Crippen molar-refractivity contribution >= 4 is 16.5 Å². The zero-order valence-corrected chi connectivity index (χ0v) is 8.63. The zero-order chi connectivity index (χ0) is 11.0. The molecule has 0 radical (unpaired) electrons. The number of nitrogens with two attached hydrogens (primary N) is 1. The Kier molecular flexibility index (Phi) is 2.39. The van der Waals surface area contributed by atoms with E-state index in [4.69, 9.17) is 5.73 Å². The summed E-state index contributed by atoms with van der Waals surface area (Å²) < 4.78 is 26.5. The maximum atomic E-state index is 12.6. The van der Waals surface area contributed by atoms with Gasteiger partial charge in [0.25, 0.3) is 6.43 Å². The van der Waals surface area contributed by atoms with Gasteiger partial charge in [0.15, 0.2) is 5.13 Å². The van der Waals surface area contributed by atoms with Crippen molar-refractivity contribution < 1.29 is 8.78 Å². The van der Waals surface area contributed by atoms with Crippen molar-refractivity contribution in [3.63, 3.8) is 0 Å². The molecule has 0 aliphatic rings. The minimum atomic E-state index is -2.61. The Morgan fingerprint density at radius 2 is 2.27 bits per heavy atom. The summed E-state index contributed by atoms with van der Waals surface area (Å²) in [6.45, 7) is 0. The Labute approximate surface area is 88.4 Å². The molecule has 0 amide bonds. The van der Waals surface area contributed by atoms with Gasteiger partial charge in [-0.05, 0) is 0 Å². The van der Waals surface area contributed by atoms with Gasteiger partial charge in [-0.2, -0.15) is 5.10 Å². The van der Waals surface area contributed by atoms with Crippen LogP contribution < -0.4 is 5.73 Å². The van der Waals surface area contributed by atoms with E-state index in [9.17, 15) is 8.78 Å². The van der Waals surface area contributed by atoms with Gasteiger partial charge in [-0.15, -0.1) is 11.3 Å². The molecule has 2 rings (SSSR count). The molecule has 80 valence electrons. The van der Waals surface area contributed by atoms with E-state index in [0.717, 1.165) is 0 Å². The minimum absolute atomic E-state index is 0.261. The molecule has 0 bridgehead atoms. The molecule has 7 heteroatoms. The maximum Gasteiger partial charge on any atom is 0.282 e. The molecule has 0 aromatic carbocycles. The number of hydrogen-bond acceptors (Lipinski definition) is 4. The lowest BCUT2D eigenvalue weighted by atomic mass is 10.2. The highest BCUT2D eigenvalue weighted by molar-refractivity contribution is 7.13. The number of thiazole rings is 1. The monoisotopic (exact) mass is 230 g/mol. The van der Waals surface area contributed by atoms with Crippen molar-refractivity contribution in [3.8, 4) is 11.3 Å². The third-order valence-electron chi connectivity index (χ3n) is 1.86. The second kappa shape index (κ2) is 3.58. The molecular formula is C8H8F2N4S. The fourth-order valence-electron chi connectivity index (χ4n) is 1.28. The fourth-order valence-corrected chi connectivity index (χ4v) is 1.84. The summed E-state index contributed by atoms with van der Waals surface area (Å²) in [4.78, 5) is 3.95. The lowest BCUT2D eigenvalue weighted by molar-refractivity contribution is 0.146. The third kappa shape index (κ3) is 1.82. The highest BCUT2D eigenvalue weighted by atomic mass is 32.1. The Bertz CT molecular complexity index is 477. The smallest absolute Gasteiger partial charge is 0.282 e. The number of hydrogen-bond donors (Lipinski definition) is 1. The predicted octanol–water partition coefficient (Wildman–Crippen LogP) is 2.06. The molecular weight excluding hydrogens is 222 g/mol. The third-order valence-corrected chi connectivity index (χ3v) is 2.54. The summed E-state index contributed by atoms with van der Waals surface area (Å²) in [6.07, 6.45) is -1.10. The lowest BCUT2D eigenvalue weighted by Gasteiger charge is -1.96. The topological polar surface area (TPSA) is 56.7 Å². The number of alkyl halides is 2. The lowest BCUT2D eigenvalue weighted by Crippen LogP contribution is -1.91. The summed E-state index contributed by atoms with van der Waals surface area (Å²) in [7, 11) is 1.59. The molecule has 0 saturated carbocycles.